The van der Waals surface area contributed by atoms with Crippen LogP contribution in [0.2, 0.25) is 0 Å². The predicted molar refractivity (Wildman–Crippen MR) is 127 cm³/mol. The molecule has 172 valence electrons. The summed E-state index contributed by atoms with van der Waals surface area (Å²) in [6.07, 6.45) is 0. The van der Waals surface area contributed by atoms with E-state index in [9.17, 15) is 9.59 Å². The number of nitrogens with one attached hydrogen (secondary N) is 1. The molecule has 1 aliphatic rings. The van der Waals surface area contributed by atoms with Crippen LogP contribution < -0.4 is 11.1 Å². The number of aryl methyl sites for hydroxylation is 2. The lowest BCUT2D eigenvalue weighted by Crippen LogP contribution is -2.43. The average molecular weight is 457 g/mol. The van der Waals surface area contributed by atoms with Crippen LogP contribution in [0.3, 0.4) is 0 Å². The molecule has 1 aliphatic heterocycles. The van der Waals surface area contributed by atoms with Gasteiger partial charge in [-0.3, -0.25) is 14.5 Å². The number of primary amides is 1. The van der Waals surface area contributed by atoms with E-state index >= 15 is 0 Å². The van der Waals surface area contributed by atoms with Gasteiger partial charge in [0.15, 0.2) is 0 Å². The van der Waals surface area contributed by atoms with Crippen molar-refractivity contribution in [1.82, 2.24) is 15.2 Å². The summed E-state index contributed by atoms with van der Waals surface area (Å²) in [4.78, 5) is 31.8. The lowest BCUT2D eigenvalue weighted by Gasteiger charge is -2.31. The van der Waals surface area contributed by atoms with Crippen molar-refractivity contribution in [3.8, 4) is 0 Å². The highest BCUT2D eigenvalue weighted by Crippen LogP contribution is 2.27. The molecule has 32 heavy (non-hydrogen) atoms. The molecular weight excluding hydrogens is 424 g/mol. The Kier molecular flexibility index (Phi) is 8.28. The highest BCUT2D eigenvalue weighted by Gasteiger charge is 2.22. The maximum absolute atomic E-state index is 12.9. The fraction of sp³-hybridized carbons (Fsp3) is 0.458. The molecule has 8 heteroatoms. The van der Waals surface area contributed by atoms with Crippen LogP contribution in [0, 0.1) is 27.7 Å². The van der Waals surface area contributed by atoms with Gasteiger partial charge in [0, 0.05) is 25.3 Å². The summed E-state index contributed by atoms with van der Waals surface area (Å²) in [5.41, 5.74) is 10.8. The maximum Gasteiger partial charge on any atom is 0.251 e. The molecule has 3 N–H and O–H groups in total. The molecule has 0 bridgehead atoms. The second-order valence-electron chi connectivity index (χ2n) is 8.22. The number of nitrogens with zero attached hydrogens (tertiary/aromatic N) is 2. The number of amides is 2. The lowest BCUT2D eigenvalue weighted by atomic mass is 10.0. The minimum atomic E-state index is -0.522. The van der Waals surface area contributed by atoms with Crippen molar-refractivity contribution in [1.29, 1.82) is 0 Å². The first kappa shape index (κ1) is 24.2. The molecule has 1 atom stereocenters. The zero-order chi connectivity index (χ0) is 23.3. The van der Waals surface area contributed by atoms with Gasteiger partial charge in [-0.2, -0.15) is 0 Å². The number of aromatic nitrogens is 1. The van der Waals surface area contributed by atoms with Crippen LogP contribution in [0.1, 0.15) is 44.3 Å². The summed E-state index contributed by atoms with van der Waals surface area (Å²) in [6.45, 7) is 11.6. The summed E-state index contributed by atoms with van der Waals surface area (Å²) in [6, 6.07) is 8.11. The topological polar surface area (TPSA) is 97.6 Å². The highest BCUT2D eigenvalue weighted by atomic mass is 32.2. The fourth-order valence-electron chi connectivity index (χ4n) is 3.75. The standard InChI is InChI=1S/C24H32N4O3S/c1-15-5-7-19(8-6-15)20(13-28-9-11-31-12-10-28)27-21(29)14-32-24-22(23(25)30)17(3)16(2)18(4)26-24/h5-8,20H,9-14H2,1-4H3,(H2,25,30)(H,27,29). The molecule has 0 radical (unpaired) electrons. The molecule has 0 saturated carbocycles. The SMILES string of the molecule is Cc1ccc(C(CN2CCOCC2)NC(=O)CSc2nc(C)c(C)c(C)c2C(N)=O)cc1. The third-order valence-corrected chi connectivity index (χ3v) is 6.88. The second-order valence-corrected chi connectivity index (χ2v) is 9.19. The van der Waals surface area contributed by atoms with Gasteiger partial charge in [-0.25, -0.2) is 4.98 Å². The Morgan fingerprint density at radius 3 is 2.41 bits per heavy atom. The maximum atomic E-state index is 12.9. The smallest absolute Gasteiger partial charge is 0.251 e. The molecule has 0 aliphatic carbocycles. The van der Waals surface area contributed by atoms with Crippen molar-refractivity contribution >= 4 is 23.6 Å². The van der Waals surface area contributed by atoms with Crippen LogP contribution in [-0.2, 0) is 9.53 Å². The third kappa shape index (κ3) is 6.09. The molecule has 1 aromatic heterocycles. The number of rotatable bonds is 8. The van der Waals surface area contributed by atoms with Gasteiger partial charge in [0.1, 0.15) is 5.03 Å². The van der Waals surface area contributed by atoms with E-state index in [1.165, 1.54) is 17.3 Å². The van der Waals surface area contributed by atoms with E-state index in [0.29, 0.717) is 23.8 Å². The van der Waals surface area contributed by atoms with E-state index in [2.05, 4.69) is 39.5 Å². The number of benzene rings is 1. The third-order valence-electron chi connectivity index (χ3n) is 5.91. The number of morpholine rings is 1. The van der Waals surface area contributed by atoms with E-state index in [4.69, 9.17) is 10.5 Å². The summed E-state index contributed by atoms with van der Waals surface area (Å²) in [5.74, 6) is -0.478. The van der Waals surface area contributed by atoms with Crippen molar-refractivity contribution in [3.63, 3.8) is 0 Å². The van der Waals surface area contributed by atoms with E-state index in [0.717, 1.165) is 42.0 Å². The Balaban J connectivity index is 1.72. The van der Waals surface area contributed by atoms with Gasteiger partial charge in [0.2, 0.25) is 5.91 Å². The quantitative estimate of drug-likeness (QED) is 0.593. The second kappa shape index (κ2) is 10.9. The number of carbonyl (C=O) groups is 2. The molecule has 3 rings (SSSR count). The number of ether oxygens (including phenoxy) is 1. The Morgan fingerprint density at radius 2 is 1.78 bits per heavy atom. The summed E-state index contributed by atoms with van der Waals surface area (Å²) in [5, 5.41) is 3.68. The van der Waals surface area contributed by atoms with Crippen LogP contribution in [0.25, 0.3) is 0 Å². The van der Waals surface area contributed by atoms with Crippen molar-refractivity contribution in [2.75, 3.05) is 38.6 Å². The summed E-state index contributed by atoms with van der Waals surface area (Å²) >= 11 is 1.25. The Morgan fingerprint density at radius 1 is 1.12 bits per heavy atom. The van der Waals surface area contributed by atoms with Gasteiger partial charge in [0.25, 0.3) is 5.91 Å². The van der Waals surface area contributed by atoms with Crippen molar-refractivity contribution in [2.45, 2.75) is 38.8 Å². The van der Waals surface area contributed by atoms with Gasteiger partial charge in [0.05, 0.1) is 30.6 Å². The first-order valence-corrected chi connectivity index (χ1v) is 11.8. The highest BCUT2D eigenvalue weighted by molar-refractivity contribution is 8.00. The molecule has 2 amide bonds. The van der Waals surface area contributed by atoms with Gasteiger partial charge in [-0.15, -0.1) is 0 Å². The van der Waals surface area contributed by atoms with Crippen molar-refractivity contribution < 1.29 is 14.3 Å². The molecule has 1 aromatic carbocycles. The molecule has 1 unspecified atom stereocenters. The van der Waals surface area contributed by atoms with Crippen LogP contribution in [0.15, 0.2) is 29.3 Å². The number of nitrogens with two attached hydrogens (primary N) is 1. The van der Waals surface area contributed by atoms with E-state index in [1.807, 2.05) is 27.7 Å². The van der Waals surface area contributed by atoms with Crippen LogP contribution in [0.5, 0.6) is 0 Å². The van der Waals surface area contributed by atoms with Crippen molar-refractivity contribution in [2.24, 2.45) is 5.73 Å². The monoisotopic (exact) mass is 456 g/mol. The average Bonchev–Trinajstić information content (AvgIpc) is 2.76. The largest absolute Gasteiger partial charge is 0.379 e. The Hall–Kier alpha value is -2.42. The number of carbonyl (C=O) groups excluding carboxylic acids is 2. The summed E-state index contributed by atoms with van der Waals surface area (Å²) < 4.78 is 5.45. The minimum absolute atomic E-state index is 0.109. The van der Waals surface area contributed by atoms with Gasteiger partial charge in [-0.1, -0.05) is 41.6 Å². The number of hydrogen-bond donors (Lipinski definition) is 2. The van der Waals surface area contributed by atoms with Crippen LogP contribution in [0.4, 0.5) is 0 Å². The zero-order valence-electron chi connectivity index (χ0n) is 19.2. The number of pyridine rings is 1. The molecule has 0 spiro atoms. The van der Waals surface area contributed by atoms with Crippen LogP contribution >= 0.6 is 11.8 Å². The first-order valence-electron chi connectivity index (χ1n) is 10.8. The lowest BCUT2D eigenvalue weighted by molar-refractivity contribution is -0.119. The van der Waals surface area contributed by atoms with Crippen molar-refractivity contribution in [3.05, 3.63) is 57.8 Å². The predicted octanol–water partition coefficient (Wildman–Crippen LogP) is 2.70. The van der Waals surface area contributed by atoms with E-state index in [1.54, 1.807) is 0 Å². The van der Waals surface area contributed by atoms with Gasteiger partial charge < -0.3 is 15.8 Å². The number of hydrogen-bond acceptors (Lipinski definition) is 6. The van der Waals surface area contributed by atoms with Gasteiger partial charge in [-0.05, 0) is 44.4 Å². The zero-order valence-corrected chi connectivity index (χ0v) is 20.1. The Labute approximate surface area is 194 Å². The van der Waals surface area contributed by atoms with E-state index in [-0.39, 0.29) is 17.7 Å². The molecule has 1 fully saturated rings. The number of thioether (sulfide) groups is 1. The first-order chi connectivity index (χ1) is 15.3. The van der Waals surface area contributed by atoms with E-state index < -0.39 is 5.91 Å². The Bertz CT molecular complexity index is 972. The fourth-order valence-corrected chi connectivity index (χ4v) is 4.70. The molecule has 2 aromatic rings. The minimum Gasteiger partial charge on any atom is -0.379 e. The van der Waals surface area contributed by atoms with Crippen LogP contribution in [-0.4, -0.2) is 60.3 Å². The molecular formula is C24H32N4O3S. The normalized spacial score (nSPS) is 15.4. The molecule has 7 nitrogen and oxygen atoms in total. The molecule has 2 heterocycles. The summed E-state index contributed by atoms with van der Waals surface area (Å²) in [7, 11) is 0. The van der Waals surface area contributed by atoms with Gasteiger partial charge >= 0.3 is 0 Å². The molecule has 1 saturated heterocycles.